The molecule has 0 bridgehead atoms. The third kappa shape index (κ3) is 4.32. The Bertz CT molecular complexity index is 664. The predicted octanol–water partition coefficient (Wildman–Crippen LogP) is 3.24. The number of nitrogen functional groups attached to an aromatic ring is 1. The molecule has 0 saturated carbocycles. The molecular formula is C15H14BrN3O2. The van der Waals surface area contributed by atoms with E-state index < -0.39 is 0 Å². The summed E-state index contributed by atoms with van der Waals surface area (Å²) in [5.41, 5.74) is 7.99. The summed E-state index contributed by atoms with van der Waals surface area (Å²) >= 11 is 3.30. The van der Waals surface area contributed by atoms with E-state index in [9.17, 15) is 9.59 Å². The summed E-state index contributed by atoms with van der Waals surface area (Å²) in [4.78, 5) is 23.1. The fourth-order valence-corrected chi connectivity index (χ4v) is 2.30. The lowest BCUT2D eigenvalue weighted by molar-refractivity contribution is -0.114. The minimum absolute atomic E-state index is 0.142. The van der Waals surface area contributed by atoms with Crippen LogP contribution in [0.5, 0.6) is 0 Å². The Morgan fingerprint density at radius 1 is 1.00 bits per heavy atom. The summed E-state index contributed by atoms with van der Waals surface area (Å²) < 4.78 is 0.744. The van der Waals surface area contributed by atoms with Gasteiger partial charge in [-0.2, -0.15) is 0 Å². The topological polar surface area (TPSA) is 84.2 Å². The Balaban J connectivity index is 2.10. The predicted molar refractivity (Wildman–Crippen MR) is 87.3 cm³/mol. The molecule has 2 amide bonds. The Morgan fingerprint density at radius 3 is 2.10 bits per heavy atom. The molecule has 0 aliphatic heterocycles. The second-order valence-corrected chi connectivity index (χ2v) is 5.40. The van der Waals surface area contributed by atoms with E-state index in [1.54, 1.807) is 42.5 Å². The molecule has 21 heavy (non-hydrogen) atoms. The average molecular weight is 348 g/mol. The zero-order valence-corrected chi connectivity index (χ0v) is 12.9. The first-order chi connectivity index (χ1) is 9.94. The van der Waals surface area contributed by atoms with Gasteiger partial charge in [-0.1, -0.05) is 15.9 Å². The van der Waals surface area contributed by atoms with Crippen molar-refractivity contribution in [2.24, 2.45) is 0 Å². The molecule has 0 unspecified atom stereocenters. The molecule has 0 aliphatic carbocycles. The number of benzene rings is 2. The highest BCUT2D eigenvalue weighted by atomic mass is 79.9. The molecule has 0 heterocycles. The van der Waals surface area contributed by atoms with Crippen LogP contribution in [-0.2, 0) is 4.79 Å². The van der Waals surface area contributed by atoms with Crippen molar-refractivity contribution in [3.63, 3.8) is 0 Å². The van der Waals surface area contributed by atoms with Crippen LogP contribution >= 0.6 is 15.9 Å². The Hall–Kier alpha value is -2.34. The second-order valence-electron chi connectivity index (χ2n) is 4.49. The molecule has 0 atom stereocenters. The lowest BCUT2D eigenvalue weighted by Gasteiger charge is -2.08. The van der Waals surface area contributed by atoms with E-state index in [-0.39, 0.29) is 11.8 Å². The third-order valence-electron chi connectivity index (χ3n) is 2.65. The number of carbonyl (C=O) groups is 2. The Kier molecular flexibility index (Phi) is 4.59. The molecule has 0 fully saturated rings. The van der Waals surface area contributed by atoms with Gasteiger partial charge in [-0.3, -0.25) is 9.59 Å². The van der Waals surface area contributed by atoms with E-state index in [2.05, 4.69) is 26.6 Å². The first kappa shape index (κ1) is 15.1. The first-order valence-corrected chi connectivity index (χ1v) is 6.98. The zero-order valence-electron chi connectivity index (χ0n) is 11.3. The molecule has 4 N–H and O–H groups in total. The fraction of sp³-hybridized carbons (Fsp3) is 0.0667. The van der Waals surface area contributed by atoms with E-state index in [4.69, 9.17) is 5.73 Å². The van der Waals surface area contributed by atoms with Crippen molar-refractivity contribution in [2.75, 3.05) is 16.4 Å². The molecule has 0 saturated heterocycles. The van der Waals surface area contributed by atoms with Crippen molar-refractivity contribution >= 4 is 44.8 Å². The fourth-order valence-electron chi connectivity index (χ4n) is 1.79. The Labute approximate surface area is 130 Å². The van der Waals surface area contributed by atoms with Crippen molar-refractivity contribution in [3.05, 3.63) is 52.5 Å². The molecule has 0 spiro atoms. The van der Waals surface area contributed by atoms with Crippen molar-refractivity contribution in [3.8, 4) is 0 Å². The van der Waals surface area contributed by atoms with Crippen LogP contribution < -0.4 is 16.4 Å². The van der Waals surface area contributed by atoms with Crippen molar-refractivity contribution in [1.29, 1.82) is 0 Å². The number of rotatable bonds is 3. The van der Waals surface area contributed by atoms with Crippen LogP contribution in [0.2, 0.25) is 0 Å². The van der Waals surface area contributed by atoms with Crippen LogP contribution in [0.3, 0.4) is 0 Å². The molecule has 2 rings (SSSR count). The highest BCUT2D eigenvalue weighted by molar-refractivity contribution is 9.10. The lowest BCUT2D eigenvalue weighted by Crippen LogP contribution is -2.12. The third-order valence-corrected chi connectivity index (χ3v) is 3.10. The first-order valence-electron chi connectivity index (χ1n) is 6.19. The summed E-state index contributed by atoms with van der Waals surface area (Å²) in [5, 5.41) is 5.42. The highest BCUT2D eigenvalue weighted by Gasteiger charge is 2.08. The maximum atomic E-state index is 12.1. The van der Waals surface area contributed by atoms with Gasteiger partial charge < -0.3 is 16.4 Å². The van der Waals surface area contributed by atoms with Crippen molar-refractivity contribution in [2.45, 2.75) is 6.92 Å². The van der Waals surface area contributed by atoms with Crippen molar-refractivity contribution in [1.82, 2.24) is 0 Å². The number of anilines is 3. The van der Waals surface area contributed by atoms with Gasteiger partial charge in [-0.05, 0) is 42.5 Å². The summed E-state index contributed by atoms with van der Waals surface area (Å²) in [5.74, 6) is -0.397. The molecule has 2 aromatic carbocycles. The van der Waals surface area contributed by atoms with Crippen LogP contribution in [0.4, 0.5) is 17.1 Å². The normalized spacial score (nSPS) is 10.0. The number of halogens is 1. The van der Waals surface area contributed by atoms with E-state index in [1.165, 1.54) is 6.92 Å². The van der Waals surface area contributed by atoms with Crippen LogP contribution in [0.15, 0.2) is 46.9 Å². The second kappa shape index (κ2) is 6.41. The number of carbonyl (C=O) groups excluding carboxylic acids is 2. The zero-order chi connectivity index (χ0) is 15.4. The number of amides is 2. The maximum absolute atomic E-state index is 12.1. The minimum atomic E-state index is -0.254. The molecule has 2 aromatic rings. The number of hydrogen-bond acceptors (Lipinski definition) is 3. The summed E-state index contributed by atoms with van der Waals surface area (Å²) in [6.07, 6.45) is 0. The summed E-state index contributed by atoms with van der Waals surface area (Å²) in [6, 6.07) is 11.9. The molecule has 0 radical (unpaired) electrons. The minimum Gasteiger partial charge on any atom is -0.399 e. The van der Waals surface area contributed by atoms with E-state index in [1.807, 2.05) is 0 Å². The van der Waals surface area contributed by atoms with Gasteiger partial charge in [0, 0.05) is 34.0 Å². The summed E-state index contributed by atoms with van der Waals surface area (Å²) in [6.45, 7) is 1.44. The molecular weight excluding hydrogens is 334 g/mol. The van der Waals surface area contributed by atoms with Gasteiger partial charge in [0.05, 0.1) is 0 Å². The van der Waals surface area contributed by atoms with E-state index in [0.717, 1.165) is 4.47 Å². The number of hydrogen-bond donors (Lipinski definition) is 3. The smallest absolute Gasteiger partial charge is 0.255 e. The number of nitrogens with two attached hydrogens (primary N) is 1. The molecule has 108 valence electrons. The maximum Gasteiger partial charge on any atom is 0.255 e. The van der Waals surface area contributed by atoms with Crippen LogP contribution in [0.1, 0.15) is 17.3 Å². The van der Waals surface area contributed by atoms with Crippen LogP contribution in [0.25, 0.3) is 0 Å². The van der Waals surface area contributed by atoms with Gasteiger partial charge in [-0.25, -0.2) is 0 Å². The quantitative estimate of drug-likeness (QED) is 0.745. The molecule has 6 heteroatoms. The monoisotopic (exact) mass is 347 g/mol. The highest BCUT2D eigenvalue weighted by Crippen LogP contribution is 2.19. The molecule has 5 nitrogen and oxygen atoms in total. The number of nitrogens with one attached hydrogen (secondary N) is 2. The summed E-state index contributed by atoms with van der Waals surface area (Å²) in [7, 11) is 0. The standard InChI is InChI=1S/C15H14BrN3O2/c1-9(20)18-13-2-4-14(5-3-13)19-15(21)10-6-11(16)8-12(17)7-10/h2-8H,17H2,1H3,(H,18,20)(H,19,21). The molecule has 0 aromatic heterocycles. The Morgan fingerprint density at radius 2 is 1.57 bits per heavy atom. The van der Waals surface area contributed by atoms with Gasteiger partial charge in [0.25, 0.3) is 5.91 Å². The van der Waals surface area contributed by atoms with Gasteiger partial charge in [0.15, 0.2) is 0 Å². The van der Waals surface area contributed by atoms with Gasteiger partial charge >= 0.3 is 0 Å². The lowest BCUT2D eigenvalue weighted by atomic mass is 10.2. The SMILES string of the molecule is CC(=O)Nc1ccc(NC(=O)c2cc(N)cc(Br)c2)cc1. The van der Waals surface area contributed by atoms with Crippen LogP contribution in [0, 0.1) is 0 Å². The average Bonchev–Trinajstić information content (AvgIpc) is 2.39. The van der Waals surface area contributed by atoms with Gasteiger partial charge in [0.1, 0.15) is 0 Å². The largest absolute Gasteiger partial charge is 0.399 e. The van der Waals surface area contributed by atoms with E-state index in [0.29, 0.717) is 22.6 Å². The molecule has 0 aliphatic rings. The van der Waals surface area contributed by atoms with E-state index >= 15 is 0 Å². The van der Waals surface area contributed by atoms with Crippen molar-refractivity contribution < 1.29 is 9.59 Å². The van der Waals surface area contributed by atoms with Crippen LogP contribution in [-0.4, -0.2) is 11.8 Å². The van der Waals surface area contributed by atoms with Gasteiger partial charge in [0.2, 0.25) is 5.91 Å². The van der Waals surface area contributed by atoms with Gasteiger partial charge in [-0.15, -0.1) is 0 Å².